The Balaban J connectivity index is 0.000000591. The first-order chi connectivity index (χ1) is 21.3. The lowest BCUT2D eigenvalue weighted by molar-refractivity contribution is -0.384. The van der Waals surface area contributed by atoms with Crippen LogP contribution in [-0.2, 0) is 32.6 Å². The molecular weight excluding hydrogens is 636 g/mol. The number of nitrogens with zero attached hydrogens (tertiary/aromatic N) is 1. The van der Waals surface area contributed by atoms with Crippen LogP contribution in [-0.4, -0.2) is 41.3 Å². The van der Waals surface area contributed by atoms with Gasteiger partial charge < -0.3 is 15.2 Å². The van der Waals surface area contributed by atoms with Gasteiger partial charge in [-0.05, 0) is 71.0 Å². The molecule has 4 aromatic rings. The summed E-state index contributed by atoms with van der Waals surface area (Å²) in [5, 5.41) is 23.6. The van der Waals surface area contributed by atoms with Gasteiger partial charge in [0.15, 0.2) is 0 Å². The first-order valence-corrected chi connectivity index (χ1v) is 14.1. The highest BCUT2D eigenvalue weighted by Gasteiger charge is 2.46. The van der Waals surface area contributed by atoms with Crippen molar-refractivity contribution in [3.63, 3.8) is 0 Å². The molecule has 5 rings (SSSR count). The van der Waals surface area contributed by atoms with Gasteiger partial charge in [0.05, 0.1) is 12.0 Å². The average Bonchev–Trinajstić information content (AvgIpc) is 3.41. The van der Waals surface area contributed by atoms with Crippen LogP contribution in [0.15, 0.2) is 91.0 Å². The molecule has 1 aliphatic carbocycles. The lowest BCUT2D eigenvalue weighted by atomic mass is 9.69. The van der Waals surface area contributed by atoms with Crippen LogP contribution in [0.25, 0.3) is 0 Å². The van der Waals surface area contributed by atoms with Crippen LogP contribution in [0, 0.1) is 10.1 Å². The summed E-state index contributed by atoms with van der Waals surface area (Å²) < 4.78 is 37.1. The van der Waals surface area contributed by atoms with Crippen LogP contribution in [0.1, 0.15) is 27.8 Å². The van der Waals surface area contributed by atoms with E-state index in [4.69, 9.17) is 37.8 Å². The zero-order chi connectivity index (χ0) is 32.9. The third-order valence-corrected chi connectivity index (χ3v) is 7.83. The molecule has 0 aliphatic heterocycles. The molecule has 2 N–H and O–H groups in total. The van der Waals surface area contributed by atoms with E-state index in [0.717, 1.165) is 12.8 Å². The summed E-state index contributed by atoms with van der Waals surface area (Å²) in [5.74, 6) is -3.30. The Kier molecular flexibility index (Phi) is 10.0. The number of hydrogen-bond acceptors (Lipinski definition) is 6. The van der Waals surface area contributed by atoms with Gasteiger partial charge >= 0.3 is 18.1 Å². The number of methoxy groups -OCH3 is 1. The zero-order valence-electron chi connectivity index (χ0n) is 23.5. The number of carboxylic acid groups (broad SMARTS) is 1. The van der Waals surface area contributed by atoms with Crippen molar-refractivity contribution in [2.24, 2.45) is 0 Å². The molecule has 0 radical (unpaired) electrons. The number of rotatable bonds is 7. The van der Waals surface area contributed by atoms with Crippen LogP contribution in [0.5, 0.6) is 0 Å². The van der Waals surface area contributed by atoms with Gasteiger partial charge in [0.2, 0.25) is 0 Å². The minimum atomic E-state index is -5.08. The fourth-order valence-electron chi connectivity index (χ4n) is 5.33. The first-order valence-electron chi connectivity index (χ1n) is 13.3. The quantitative estimate of drug-likeness (QED) is 0.0906. The molecular formula is C32H25Cl2F3N2O6. The second kappa shape index (κ2) is 13.6. The van der Waals surface area contributed by atoms with Crippen molar-refractivity contribution in [3.05, 3.63) is 139 Å². The van der Waals surface area contributed by atoms with E-state index >= 15 is 0 Å². The van der Waals surface area contributed by atoms with E-state index < -0.39 is 28.5 Å². The highest BCUT2D eigenvalue weighted by Crippen LogP contribution is 2.44. The van der Waals surface area contributed by atoms with E-state index in [0.29, 0.717) is 32.4 Å². The lowest BCUT2D eigenvalue weighted by Crippen LogP contribution is -2.39. The summed E-state index contributed by atoms with van der Waals surface area (Å²) in [7, 11) is 1.32. The number of carbonyl (C=O) groups is 2. The molecule has 4 aromatic carbocycles. The average molecular weight is 661 g/mol. The Morgan fingerprint density at radius 2 is 1.31 bits per heavy atom. The topological polar surface area (TPSA) is 119 Å². The largest absolute Gasteiger partial charge is 0.490 e. The van der Waals surface area contributed by atoms with Crippen LogP contribution in [0.2, 0.25) is 10.0 Å². The smallest absolute Gasteiger partial charge is 0.475 e. The Hall–Kier alpha value is -4.61. The zero-order valence-corrected chi connectivity index (χ0v) is 25.0. The van der Waals surface area contributed by atoms with Gasteiger partial charge in [0, 0.05) is 22.2 Å². The number of anilines is 1. The van der Waals surface area contributed by atoms with E-state index in [9.17, 15) is 28.1 Å². The molecule has 0 spiro atoms. The number of fused-ring (bicyclic) bond motifs is 1. The molecule has 0 aromatic heterocycles. The number of nitrogens with one attached hydrogen (secondary N) is 1. The van der Waals surface area contributed by atoms with Crippen LogP contribution in [0.3, 0.4) is 0 Å². The summed E-state index contributed by atoms with van der Waals surface area (Å²) in [4.78, 5) is 34.3. The van der Waals surface area contributed by atoms with Gasteiger partial charge in [0.25, 0.3) is 5.69 Å². The number of ether oxygens (including phenoxy) is 1. The van der Waals surface area contributed by atoms with Gasteiger partial charge in [-0.1, -0.05) is 77.8 Å². The summed E-state index contributed by atoms with van der Waals surface area (Å²) in [6.45, 7) is 0. The third kappa shape index (κ3) is 7.21. The third-order valence-electron chi connectivity index (χ3n) is 7.33. The molecule has 13 heteroatoms. The minimum absolute atomic E-state index is 0.0278. The number of hydrogen-bond donors (Lipinski definition) is 2. The molecule has 0 bridgehead atoms. The van der Waals surface area contributed by atoms with Crippen molar-refractivity contribution in [1.29, 1.82) is 0 Å². The highest BCUT2D eigenvalue weighted by atomic mass is 35.5. The predicted octanol–water partition coefficient (Wildman–Crippen LogP) is 7.62. The summed E-state index contributed by atoms with van der Waals surface area (Å²) in [6.07, 6.45) is -3.60. The second-order valence-corrected chi connectivity index (χ2v) is 10.9. The number of aliphatic carboxylic acids is 1. The summed E-state index contributed by atoms with van der Waals surface area (Å²) in [5.41, 5.74) is 2.97. The molecule has 1 aliphatic rings. The maximum Gasteiger partial charge on any atom is 0.490 e. The molecule has 8 nitrogen and oxygen atoms in total. The predicted molar refractivity (Wildman–Crippen MR) is 163 cm³/mol. The molecule has 0 saturated heterocycles. The van der Waals surface area contributed by atoms with E-state index in [1.54, 1.807) is 60.7 Å². The van der Waals surface area contributed by atoms with Crippen LogP contribution in [0.4, 0.5) is 24.5 Å². The number of carboxylic acids is 1. The Bertz CT molecular complexity index is 1640. The van der Waals surface area contributed by atoms with Gasteiger partial charge in [0.1, 0.15) is 11.1 Å². The maximum absolute atomic E-state index is 13.8. The van der Waals surface area contributed by atoms with E-state index in [1.807, 2.05) is 12.1 Å². The fraction of sp³-hybridized carbons (Fsp3) is 0.188. The van der Waals surface area contributed by atoms with Crippen molar-refractivity contribution in [1.82, 2.24) is 0 Å². The number of nitro groups is 1. The van der Waals surface area contributed by atoms with Crippen molar-refractivity contribution < 1.29 is 37.5 Å². The number of alkyl halides is 3. The molecule has 45 heavy (non-hydrogen) atoms. The number of carbonyl (C=O) groups excluding carboxylic acids is 1. The lowest BCUT2D eigenvalue weighted by Gasteiger charge is -2.33. The van der Waals surface area contributed by atoms with Gasteiger partial charge in [-0.3, -0.25) is 14.9 Å². The van der Waals surface area contributed by atoms with Crippen LogP contribution >= 0.6 is 23.2 Å². The Morgan fingerprint density at radius 1 is 0.867 bits per heavy atom. The second-order valence-electron chi connectivity index (χ2n) is 10.1. The van der Waals surface area contributed by atoms with Gasteiger partial charge in [-0.2, -0.15) is 13.2 Å². The van der Waals surface area contributed by atoms with E-state index in [1.165, 1.54) is 24.3 Å². The Morgan fingerprint density at radius 3 is 1.71 bits per heavy atom. The molecule has 234 valence electrons. The minimum Gasteiger partial charge on any atom is -0.475 e. The van der Waals surface area contributed by atoms with E-state index in [2.05, 4.69) is 17.4 Å². The van der Waals surface area contributed by atoms with Crippen molar-refractivity contribution in [2.75, 3.05) is 12.4 Å². The highest BCUT2D eigenvalue weighted by molar-refractivity contribution is 6.30. The van der Waals surface area contributed by atoms with Crippen LogP contribution < -0.4 is 5.32 Å². The fourth-order valence-corrected chi connectivity index (χ4v) is 5.58. The van der Waals surface area contributed by atoms with Gasteiger partial charge in [-0.15, -0.1) is 0 Å². The molecule has 0 unspecified atom stereocenters. The molecule has 0 atom stereocenters. The number of nitro benzene ring substituents is 1. The number of halogens is 5. The number of esters is 1. The number of benzene rings is 4. The monoisotopic (exact) mass is 660 g/mol. The summed E-state index contributed by atoms with van der Waals surface area (Å²) in [6, 6.07) is 26.7. The van der Waals surface area contributed by atoms with Crippen molar-refractivity contribution in [2.45, 2.75) is 30.5 Å². The first kappa shape index (κ1) is 33.3. The maximum atomic E-state index is 13.8. The van der Waals surface area contributed by atoms with Crippen molar-refractivity contribution in [3.8, 4) is 0 Å². The SMILES string of the molecule is COC(=O)C(c1ccc(Cl)cc1)(c1ccc(Cl)cc1)c1ccc([N+](=O)[O-])c(NC2Cc3ccccc3C2)c1.O=C(O)C(F)(F)F. The molecule has 0 amide bonds. The summed E-state index contributed by atoms with van der Waals surface area (Å²) >= 11 is 12.4. The normalized spacial score (nSPS) is 12.8. The van der Waals surface area contributed by atoms with E-state index in [-0.39, 0.29) is 11.7 Å². The van der Waals surface area contributed by atoms with Gasteiger partial charge in [-0.25, -0.2) is 4.79 Å². The molecule has 0 saturated carbocycles. The molecule has 0 heterocycles. The standard InChI is InChI=1S/C30H24Cl2N2O4.C2HF3O2/c1-38-29(35)30(21-6-11-24(31)12-7-21,22-8-13-25(32)14-9-22)23-10-15-28(34(36)37)27(18-23)33-26-16-19-4-2-3-5-20(19)17-26;3-2(4,5)1(6)7/h2-15,18,26,33H,16-17H2,1H3;(H,6,7). The Labute approximate surface area is 265 Å². The van der Waals surface area contributed by atoms with Crippen molar-refractivity contribution >= 4 is 46.5 Å². The molecule has 0 fully saturated rings.